The molecule has 0 radical (unpaired) electrons. The molecule has 0 aliphatic carbocycles. The van der Waals surface area contributed by atoms with E-state index in [0.29, 0.717) is 24.9 Å². The summed E-state index contributed by atoms with van der Waals surface area (Å²) < 4.78 is 6.54. The van der Waals surface area contributed by atoms with Crippen molar-refractivity contribution in [2.75, 3.05) is 11.9 Å². The van der Waals surface area contributed by atoms with Crippen molar-refractivity contribution in [3.63, 3.8) is 0 Å². The second kappa shape index (κ2) is 8.43. The third kappa shape index (κ3) is 5.15. The van der Waals surface area contributed by atoms with Gasteiger partial charge in [-0.05, 0) is 36.8 Å². The Morgan fingerprint density at radius 2 is 1.88 bits per heavy atom. The molecule has 0 atom stereocenters. The number of hydrogen-bond acceptors (Lipinski definition) is 6. The molecule has 1 N–H and O–H groups in total. The van der Waals surface area contributed by atoms with Crippen LogP contribution in [0.5, 0.6) is 0 Å². The standard InChI is InChI=1S/C18H17BrN4O2/c1-13(14-5-3-2-4-6-14)23-24-12-11-17-21-22-18(25-17)20-16-9-7-15(19)8-10-16/h2-10H,11-12H2,1H3,(H,20,22)/b23-13+. The summed E-state index contributed by atoms with van der Waals surface area (Å²) in [6, 6.07) is 17.9. The van der Waals surface area contributed by atoms with Crippen LogP contribution in [0.4, 0.5) is 11.7 Å². The second-order valence-corrected chi connectivity index (χ2v) is 6.17. The lowest BCUT2D eigenvalue weighted by molar-refractivity contribution is 0.143. The fraction of sp³-hybridized carbons (Fsp3) is 0.167. The molecule has 0 unspecified atom stereocenters. The van der Waals surface area contributed by atoms with E-state index in [0.717, 1.165) is 21.4 Å². The van der Waals surface area contributed by atoms with Gasteiger partial charge in [-0.15, -0.1) is 5.10 Å². The van der Waals surface area contributed by atoms with E-state index in [9.17, 15) is 0 Å². The number of hydrogen-bond donors (Lipinski definition) is 1. The third-order valence-corrected chi connectivity index (χ3v) is 3.89. The molecule has 3 aromatic rings. The summed E-state index contributed by atoms with van der Waals surface area (Å²) in [4.78, 5) is 5.33. The van der Waals surface area contributed by atoms with Crippen LogP contribution in [0.1, 0.15) is 18.4 Å². The zero-order valence-electron chi connectivity index (χ0n) is 13.6. The average molecular weight is 401 g/mol. The van der Waals surface area contributed by atoms with E-state index in [4.69, 9.17) is 9.25 Å². The van der Waals surface area contributed by atoms with Crippen molar-refractivity contribution >= 4 is 33.3 Å². The zero-order valence-corrected chi connectivity index (χ0v) is 15.2. The van der Waals surface area contributed by atoms with Crippen molar-refractivity contribution in [3.8, 4) is 0 Å². The first-order valence-corrected chi connectivity index (χ1v) is 8.57. The van der Waals surface area contributed by atoms with Crippen molar-refractivity contribution in [1.29, 1.82) is 0 Å². The SMILES string of the molecule is C/C(=N\OCCc1nnc(Nc2ccc(Br)cc2)o1)c1ccccc1. The highest BCUT2D eigenvalue weighted by atomic mass is 79.9. The molecular weight excluding hydrogens is 384 g/mol. The van der Waals surface area contributed by atoms with E-state index in [2.05, 4.69) is 36.6 Å². The van der Waals surface area contributed by atoms with Crippen LogP contribution in [0, 0.1) is 0 Å². The van der Waals surface area contributed by atoms with Crippen molar-refractivity contribution in [1.82, 2.24) is 10.2 Å². The van der Waals surface area contributed by atoms with Crippen LogP contribution in [0.3, 0.4) is 0 Å². The number of nitrogens with zero attached hydrogens (tertiary/aromatic N) is 3. The lowest BCUT2D eigenvalue weighted by Gasteiger charge is -2.01. The van der Waals surface area contributed by atoms with Crippen molar-refractivity contribution in [2.45, 2.75) is 13.3 Å². The molecule has 3 rings (SSSR count). The van der Waals surface area contributed by atoms with Gasteiger partial charge in [0.2, 0.25) is 5.89 Å². The molecule has 0 amide bonds. The smallest absolute Gasteiger partial charge is 0.320 e. The van der Waals surface area contributed by atoms with Crippen LogP contribution >= 0.6 is 15.9 Å². The topological polar surface area (TPSA) is 72.5 Å². The van der Waals surface area contributed by atoms with Crippen LogP contribution in [-0.4, -0.2) is 22.5 Å². The van der Waals surface area contributed by atoms with E-state index >= 15 is 0 Å². The maximum absolute atomic E-state index is 5.54. The zero-order chi connectivity index (χ0) is 17.5. The van der Waals surface area contributed by atoms with Gasteiger partial charge < -0.3 is 14.6 Å². The van der Waals surface area contributed by atoms with Crippen molar-refractivity contribution in [2.24, 2.45) is 5.16 Å². The first-order valence-electron chi connectivity index (χ1n) is 7.77. The Morgan fingerprint density at radius 3 is 2.64 bits per heavy atom. The summed E-state index contributed by atoms with van der Waals surface area (Å²) in [7, 11) is 0. The predicted octanol–water partition coefficient (Wildman–Crippen LogP) is 4.56. The number of benzene rings is 2. The second-order valence-electron chi connectivity index (χ2n) is 5.26. The Hall–Kier alpha value is -2.67. The molecular formula is C18H17BrN4O2. The van der Waals surface area contributed by atoms with Gasteiger partial charge in [-0.3, -0.25) is 0 Å². The van der Waals surface area contributed by atoms with E-state index < -0.39 is 0 Å². The lowest BCUT2D eigenvalue weighted by Crippen LogP contribution is -1.99. The number of aromatic nitrogens is 2. The Morgan fingerprint density at radius 1 is 1.12 bits per heavy atom. The largest absolute Gasteiger partial charge is 0.408 e. The summed E-state index contributed by atoms with van der Waals surface area (Å²) in [5.74, 6) is 0.493. The Labute approximate surface area is 154 Å². The van der Waals surface area contributed by atoms with Crippen LogP contribution in [0.15, 0.2) is 68.6 Å². The number of oxime groups is 1. The van der Waals surface area contributed by atoms with Gasteiger partial charge in [-0.2, -0.15) is 0 Å². The fourth-order valence-corrected chi connectivity index (χ4v) is 2.33. The van der Waals surface area contributed by atoms with E-state index in [1.807, 2.05) is 61.5 Å². The minimum Gasteiger partial charge on any atom is -0.408 e. The van der Waals surface area contributed by atoms with Gasteiger partial charge in [0.1, 0.15) is 6.61 Å². The van der Waals surface area contributed by atoms with Crippen molar-refractivity contribution in [3.05, 3.63) is 70.5 Å². The highest BCUT2D eigenvalue weighted by Crippen LogP contribution is 2.18. The molecule has 0 fully saturated rings. The van der Waals surface area contributed by atoms with E-state index in [1.165, 1.54) is 0 Å². The monoisotopic (exact) mass is 400 g/mol. The minimum absolute atomic E-state index is 0.348. The Kier molecular flexibility index (Phi) is 5.79. The molecule has 2 aromatic carbocycles. The molecule has 1 heterocycles. The first kappa shape index (κ1) is 17.2. The summed E-state index contributed by atoms with van der Waals surface area (Å²) >= 11 is 3.39. The summed E-state index contributed by atoms with van der Waals surface area (Å²) in [5.41, 5.74) is 2.72. The van der Waals surface area contributed by atoms with Gasteiger partial charge >= 0.3 is 6.01 Å². The first-order chi connectivity index (χ1) is 12.2. The summed E-state index contributed by atoms with van der Waals surface area (Å²) in [6.07, 6.45) is 0.487. The van der Waals surface area contributed by atoms with Gasteiger partial charge in [0.25, 0.3) is 0 Å². The molecule has 0 spiro atoms. The van der Waals surface area contributed by atoms with Crippen molar-refractivity contribution < 1.29 is 9.25 Å². The quantitative estimate of drug-likeness (QED) is 0.357. The molecule has 7 heteroatoms. The fourth-order valence-electron chi connectivity index (χ4n) is 2.07. The maximum atomic E-state index is 5.54. The van der Waals surface area contributed by atoms with Gasteiger partial charge in [0, 0.05) is 10.2 Å². The van der Waals surface area contributed by atoms with Crippen LogP contribution in [0.2, 0.25) is 0 Å². The normalized spacial score (nSPS) is 11.4. The summed E-state index contributed by atoms with van der Waals surface area (Å²) in [6.45, 7) is 2.27. The molecule has 0 aliphatic heterocycles. The molecule has 1 aromatic heterocycles. The molecule has 6 nitrogen and oxygen atoms in total. The van der Waals surface area contributed by atoms with Gasteiger partial charge in [0.05, 0.1) is 12.1 Å². The highest BCUT2D eigenvalue weighted by molar-refractivity contribution is 9.10. The molecule has 0 bridgehead atoms. The van der Waals surface area contributed by atoms with E-state index in [1.54, 1.807) is 0 Å². The van der Waals surface area contributed by atoms with Crippen LogP contribution < -0.4 is 5.32 Å². The molecule has 128 valence electrons. The third-order valence-electron chi connectivity index (χ3n) is 3.36. The van der Waals surface area contributed by atoms with Gasteiger partial charge in [0.15, 0.2) is 0 Å². The molecule has 0 aliphatic rings. The van der Waals surface area contributed by atoms with Gasteiger partial charge in [-0.1, -0.05) is 56.5 Å². The Bertz CT molecular complexity index is 832. The van der Waals surface area contributed by atoms with Crippen LogP contribution in [0.25, 0.3) is 0 Å². The predicted molar refractivity (Wildman–Crippen MR) is 100 cm³/mol. The molecule has 0 saturated carbocycles. The lowest BCUT2D eigenvalue weighted by atomic mass is 10.1. The summed E-state index contributed by atoms with van der Waals surface area (Å²) in [5, 5.41) is 15.1. The average Bonchev–Trinajstić information content (AvgIpc) is 3.08. The number of halogens is 1. The highest BCUT2D eigenvalue weighted by Gasteiger charge is 2.06. The number of anilines is 2. The molecule has 0 saturated heterocycles. The number of rotatable bonds is 7. The minimum atomic E-state index is 0.348. The van der Waals surface area contributed by atoms with E-state index in [-0.39, 0.29) is 0 Å². The van der Waals surface area contributed by atoms with Crippen LogP contribution in [-0.2, 0) is 11.3 Å². The number of nitrogens with one attached hydrogen (secondary N) is 1. The maximum Gasteiger partial charge on any atom is 0.320 e. The Balaban J connectivity index is 1.48. The molecule has 25 heavy (non-hydrogen) atoms. The van der Waals surface area contributed by atoms with Gasteiger partial charge in [-0.25, -0.2) is 0 Å².